The molecular formula is C15H23NO3. The number of esters is 1. The van der Waals surface area contributed by atoms with E-state index in [1.807, 2.05) is 18.2 Å². The van der Waals surface area contributed by atoms with Crippen molar-refractivity contribution in [2.24, 2.45) is 0 Å². The van der Waals surface area contributed by atoms with Gasteiger partial charge in [0.1, 0.15) is 0 Å². The number of aliphatic hydroxyl groups is 1. The van der Waals surface area contributed by atoms with Crippen LogP contribution in [-0.4, -0.2) is 42.8 Å². The Hall–Kier alpha value is -1.39. The molecular weight excluding hydrogens is 242 g/mol. The number of nitrogens with zero attached hydrogens (tertiary/aromatic N) is 1. The molecule has 1 aromatic rings. The first-order valence-electron chi connectivity index (χ1n) is 6.71. The van der Waals surface area contributed by atoms with E-state index in [2.05, 4.69) is 11.8 Å². The van der Waals surface area contributed by atoms with Gasteiger partial charge in [0.25, 0.3) is 0 Å². The SMILES string of the molecule is CCCCN(CCO)Cc1cccc(C(=O)OC)c1. The van der Waals surface area contributed by atoms with E-state index in [4.69, 9.17) is 9.84 Å². The number of ether oxygens (including phenoxy) is 1. The number of rotatable bonds is 8. The third-order valence-corrected chi connectivity index (χ3v) is 3.00. The number of unbranched alkanes of at least 4 members (excludes halogenated alkanes) is 1. The van der Waals surface area contributed by atoms with Gasteiger partial charge < -0.3 is 9.84 Å². The lowest BCUT2D eigenvalue weighted by molar-refractivity contribution is 0.0600. The third-order valence-electron chi connectivity index (χ3n) is 3.00. The topological polar surface area (TPSA) is 49.8 Å². The molecule has 19 heavy (non-hydrogen) atoms. The molecule has 4 nitrogen and oxygen atoms in total. The molecule has 1 rings (SSSR count). The second-order valence-electron chi connectivity index (χ2n) is 4.55. The fraction of sp³-hybridized carbons (Fsp3) is 0.533. The first kappa shape index (κ1) is 15.7. The van der Waals surface area contributed by atoms with E-state index in [-0.39, 0.29) is 12.6 Å². The third kappa shape index (κ3) is 5.41. The van der Waals surface area contributed by atoms with Crippen molar-refractivity contribution in [2.45, 2.75) is 26.3 Å². The highest BCUT2D eigenvalue weighted by atomic mass is 16.5. The Morgan fingerprint density at radius 2 is 2.16 bits per heavy atom. The number of hydrogen-bond donors (Lipinski definition) is 1. The van der Waals surface area contributed by atoms with Crippen molar-refractivity contribution in [2.75, 3.05) is 26.8 Å². The van der Waals surface area contributed by atoms with Gasteiger partial charge in [0.2, 0.25) is 0 Å². The molecule has 1 N–H and O–H groups in total. The molecule has 0 atom stereocenters. The smallest absolute Gasteiger partial charge is 0.337 e. The van der Waals surface area contributed by atoms with E-state index < -0.39 is 0 Å². The van der Waals surface area contributed by atoms with Gasteiger partial charge in [-0.3, -0.25) is 4.90 Å². The molecule has 0 spiro atoms. The summed E-state index contributed by atoms with van der Waals surface area (Å²) in [6.07, 6.45) is 2.24. The van der Waals surface area contributed by atoms with Gasteiger partial charge in [-0.1, -0.05) is 25.5 Å². The van der Waals surface area contributed by atoms with Gasteiger partial charge in [0.05, 0.1) is 19.3 Å². The normalized spacial score (nSPS) is 10.7. The Morgan fingerprint density at radius 3 is 2.79 bits per heavy atom. The maximum Gasteiger partial charge on any atom is 0.337 e. The zero-order valence-electron chi connectivity index (χ0n) is 11.8. The summed E-state index contributed by atoms with van der Waals surface area (Å²) >= 11 is 0. The fourth-order valence-corrected chi connectivity index (χ4v) is 1.97. The van der Waals surface area contributed by atoms with E-state index in [0.29, 0.717) is 12.1 Å². The van der Waals surface area contributed by atoms with E-state index in [9.17, 15) is 4.79 Å². The quantitative estimate of drug-likeness (QED) is 0.731. The molecule has 0 saturated carbocycles. The van der Waals surface area contributed by atoms with Crippen molar-refractivity contribution < 1.29 is 14.6 Å². The van der Waals surface area contributed by atoms with Crippen LogP contribution in [0, 0.1) is 0 Å². The van der Waals surface area contributed by atoms with Gasteiger partial charge in [-0.2, -0.15) is 0 Å². The first-order chi connectivity index (χ1) is 9.21. The van der Waals surface area contributed by atoms with Crippen LogP contribution in [0.3, 0.4) is 0 Å². The highest BCUT2D eigenvalue weighted by Crippen LogP contribution is 2.10. The van der Waals surface area contributed by atoms with E-state index in [1.54, 1.807) is 6.07 Å². The predicted octanol–water partition coefficient (Wildman–Crippen LogP) is 2.07. The molecule has 0 saturated heterocycles. The van der Waals surface area contributed by atoms with E-state index in [1.165, 1.54) is 7.11 Å². The minimum Gasteiger partial charge on any atom is -0.465 e. The van der Waals surface area contributed by atoms with Crippen molar-refractivity contribution >= 4 is 5.97 Å². The summed E-state index contributed by atoms with van der Waals surface area (Å²) in [5, 5.41) is 9.08. The minimum absolute atomic E-state index is 0.153. The first-order valence-corrected chi connectivity index (χ1v) is 6.71. The number of aliphatic hydroxyl groups excluding tert-OH is 1. The summed E-state index contributed by atoms with van der Waals surface area (Å²) < 4.78 is 4.72. The van der Waals surface area contributed by atoms with Crippen LogP contribution in [0.4, 0.5) is 0 Å². The van der Waals surface area contributed by atoms with Crippen LogP contribution in [0.5, 0.6) is 0 Å². The molecule has 1 aromatic carbocycles. The zero-order chi connectivity index (χ0) is 14.1. The molecule has 0 aliphatic carbocycles. The number of hydrogen-bond acceptors (Lipinski definition) is 4. The van der Waals surface area contributed by atoms with Gasteiger partial charge in [0, 0.05) is 13.1 Å². The standard InChI is InChI=1S/C15H23NO3/c1-3-4-8-16(9-10-17)12-13-6-5-7-14(11-13)15(18)19-2/h5-7,11,17H,3-4,8-10,12H2,1-2H3. The van der Waals surface area contributed by atoms with E-state index >= 15 is 0 Å². The highest BCUT2D eigenvalue weighted by molar-refractivity contribution is 5.89. The van der Waals surface area contributed by atoms with Gasteiger partial charge in [-0.15, -0.1) is 0 Å². The van der Waals surface area contributed by atoms with Gasteiger partial charge in [-0.25, -0.2) is 4.79 Å². The summed E-state index contributed by atoms with van der Waals surface area (Å²) in [4.78, 5) is 13.7. The van der Waals surface area contributed by atoms with Crippen LogP contribution in [0.2, 0.25) is 0 Å². The Balaban J connectivity index is 2.69. The largest absolute Gasteiger partial charge is 0.465 e. The molecule has 0 bridgehead atoms. The van der Waals surface area contributed by atoms with Crippen molar-refractivity contribution in [1.82, 2.24) is 4.90 Å². The number of carbonyl (C=O) groups excluding carboxylic acids is 1. The van der Waals surface area contributed by atoms with Gasteiger partial charge >= 0.3 is 5.97 Å². The predicted molar refractivity (Wildman–Crippen MR) is 75.1 cm³/mol. The number of carbonyl (C=O) groups is 1. The summed E-state index contributed by atoms with van der Waals surface area (Å²) in [5.41, 5.74) is 1.63. The molecule has 4 heteroatoms. The Kier molecular flexibility index (Phi) is 7.15. The number of methoxy groups -OCH3 is 1. The monoisotopic (exact) mass is 265 g/mol. The van der Waals surface area contributed by atoms with Crippen LogP contribution in [0.25, 0.3) is 0 Å². The van der Waals surface area contributed by atoms with Gasteiger partial charge in [-0.05, 0) is 30.7 Å². The molecule has 0 heterocycles. The maximum absolute atomic E-state index is 11.5. The molecule has 0 fully saturated rings. The Labute approximate surface area is 115 Å². The van der Waals surface area contributed by atoms with Gasteiger partial charge in [0.15, 0.2) is 0 Å². The summed E-state index contributed by atoms with van der Waals surface area (Å²) in [6, 6.07) is 7.45. The van der Waals surface area contributed by atoms with Crippen molar-refractivity contribution in [3.8, 4) is 0 Å². The van der Waals surface area contributed by atoms with E-state index in [0.717, 1.165) is 31.5 Å². The molecule has 0 aliphatic rings. The van der Waals surface area contributed by atoms with Crippen molar-refractivity contribution in [3.05, 3.63) is 35.4 Å². The van der Waals surface area contributed by atoms with Crippen molar-refractivity contribution in [1.29, 1.82) is 0 Å². The Bertz CT molecular complexity index is 393. The highest BCUT2D eigenvalue weighted by Gasteiger charge is 2.08. The Morgan fingerprint density at radius 1 is 1.37 bits per heavy atom. The van der Waals surface area contributed by atoms with Crippen LogP contribution in [0.1, 0.15) is 35.7 Å². The average molecular weight is 265 g/mol. The lowest BCUT2D eigenvalue weighted by Gasteiger charge is -2.21. The minimum atomic E-state index is -0.316. The molecule has 0 radical (unpaired) electrons. The van der Waals surface area contributed by atoms with Crippen LogP contribution < -0.4 is 0 Å². The molecule has 0 aliphatic heterocycles. The fourth-order valence-electron chi connectivity index (χ4n) is 1.97. The van der Waals surface area contributed by atoms with Crippen LogP contribution in [-0.2, 0) is 11.3 Å². The molecule has 0 aromatic heterocycles. The molecule has 106 valence electrons. The maximum atomic E-state index is 11.5. The second kappa shape index (κ2) is 8.67. The molecule has 0 unspecified atom stereocenters. The molecule has 0 amide bonds. The zero-order valence-corrected chi connectivity index (χ0v) is 11.8. The second-order valence-corrected chi connectivity index (χ2v) is 4.55. The lowest BCUT2D eigenvalue weighted by Crippen LogP contribution is -2.27. The lowest BCUT2D eigenvalue weighted by atomic mass is 10.1. The summed E-state index contributed by atoms with van der Waals surface area (Å²) in [6.45, 7) is 4.66. The summed E-state index contributed by atoms with van der Waals surface area (Å²) in [7, 11) is 1.38. The summed E-state index contributed by atoms with van der Waals surface area (Å²) in [5.74, 6) is -0.316. The van der Waals surface area contributed by atoms with Crippen LogP contribution >= 0.6 is 0 Å². The van der Waals surface area contributed by atoms with Crippen LogP contribution in [0.15, 0.2) is 24.3 Å². The average Bonchev–Trinajstić information content (AvgIpc) is 2.44. The van der Waals surface area contributed by atoms with Crippen molar-refractivity contribution in [3.63, 3.8) is 0 Å². The number of benzene rings is 1.